The molecule has 0 aromatic carbocycles. The van der Waals surface area contributed by atoms with Crippen molar-refractivity contribution in [1.82, 2.24) is 0 Å². The van der Waals surface area contributed by atoms with E-state index >= 15 is 0 Å². The molecule has 3 atom stereocenters. The molecule has 0 aromatic rings. The van der Waals surface area contributed by atoms with Gasteiger partial charge in [-0.25, -0.2) is 0 Å². The van der Waals surface area contributed by atoms with Gasteiger partial charge in [0, 0.05) is 6.61 Å². The SMILES string of the molecule is CC1CC(C)(C)CC1(O)C1(C#N)CCOC1. The summed E-state index contributed by atoms with van der Waals surface area (Å²) in [5.41, 5.74) is -1.43. The van der Waals surface area contributed by atoms with Crippen LogP contribution in [0.4, 0.5) is 0 Å². The Morgan fingerprint density at radius 1 is 1.44 bits per heavy atom. The Kier molecular flexibility index (Phi) is 2.56. The Bertz CT molecular complexity index is 325. The fourth-order valence-electron chi connectivity index (χ4n) is 3.71. The van der Waals surface area contributed by atoms with E-state index in [1.807, 2.05) is 0 Å². The molecule has 90 valence electrons. The highest BCUT2D eigenvalue weighted by Gasteiger charge is 2.61. The van der Waals surface area contributed by atoms with Crippen LogP contribution >= 0.6 is 0 Å². The molecule has 0 aromatic heterocycles. The van der Waals surface area contributed by atoms with Crippen LogP contribution in [-0.4, -0.2) is 23.9 Å². The fourth-order valence-corrected chi connectivity index (χ4v) is 3.71. The van der Waals surface area contributed by atoms with Crippen LogP contribution in [0.5, 0.6) is 0 Å². The van der Waals surface area contributed by atoms with E-state index in [0.717, 1.165) is 6.42 Å². The van der Waals surface area contributed by atoms with E-state index in [1.165, 1.54) is 0 Å². The predicted octanol–water partition coefficient (Wildman–Crippen LogP) is 2.10. The van der Waals surface area contributed by atoms with Gasteiger partial charge in [0.25, 0.3) is 0 Å². The molecule has 1 N–H and O–H groups in total. The zero-order chi connectivity index (χ0) is 12.0. The van der Waals surface area contributed by atoms with Crippen molar-refractivity contribution in [2.45, 2.75) is 45.6 Å². The number of aliphatic hydroxyl groups is 1. The van der Waals surface area contributed by atoms with Crippen LogP contribution in [0.2, 0.25) is 0 Å². The summed E-state index contributed by atoms with van der Waals surface area (Å²) in [7, 11) is 0. The largest absolute Gasteiger partial charge is 0.388 e. The Hall–Kier alpha value is -0.590. The molecule has 1 heterocycles. The monoisotopic (exact) mass is 223 g/mol. The van der Waals surface area contributed by atoms with E-state index in [9.17, 15) is 10.4 Å². The summed E-state index contributed by atoms with van der Waals surface area (Å²) in [6, 6.07) is 2.35. The Balaban J connectivity index is 2.35. The third-order valence-corrected chi connectivity index (χ3v) is 4.49. The van der Waals surface area contributed by atoms with Gasteiger partial charge in [-0.3, -0.25) is 0 Å². The van der Waals surface area contributed by atoms with Crippen molar-refractivity contribution < 1.29 is 9.84 Å². The highest BCUT2D eigenvalue weighted by atomic mass is 16.5. The number of hydrogen-bond donors (Lipinski definition) is 1. The van der Waals surface area contributed by atoms with Crippen molar-refractivity contribution in [3.8, 4) is 6.07 Å². The number of nitriles is 1. The third kappa shape index (κ3) is 1.48. The smallest absolute Gasteiger partial charge is 0.112 e. The molecule has 3 heteroatoms. The van der Waals surface area contributed by atoms with Crippen LogP contribution in [0.1, 0.15) is 40.0 Å². The highest BCUT2D eigenvalue weighted by Crippen LogP contribution is 2.57. The lowest BCUT2D eigenvalue weighted by molar-refractivity contribution is -0.0860. The van der Waals surface area contributed by atoms with Crippen molar-refractivity contribution in [2.24, 2.45) is 16.7 Å². The summed E-state index contributed by atoms with van der Waals surface area (Å²) in [5.74, 6) is 0.170. The number of hydrogen-bond acceptors (Lipinski definition) is 3. The zero-order valence-electron chi connectivity index (χ0n) is 10.4. The predicted molar refractivity (Wildman–Crippen MR) is 60.6 cm³/mol. The van der Waals surface area contributed by atoms with Gasteiger partial charge in [0.05, 0.1) is 18.3 Å². The van der Waals surface area contributed by atoms with Gasteiger partial charge in [0.1, 0.15) is 5.41 Å². The number of nitrogens with zero attached hydrogens (tertiary/aromatic N) is 1. The van der Waals surface area contributed by atoms with Gasteiger partial charge < -0.3 is 9.84 Å². The Morgan fingerprint density at radius 3 is 2.50 bits per heavy atom. The van der Waals surface area contributed by atoms with Crippen LogP contribution in [0.25, 0.3) is 0 Å². The van der Waals surface area contributed by atoms with Crippen molar-refractivity contribution >= 4 is 0 Å². The summed E-state index contributed by atoms with van der Waals surface area (Å²) in [5, 5.41) is 20.4. The van der Waals surface area contributed by atoms with E-state index < -0.39 is 11.0 Å². The average Bonchev–Trinajstić information content (AvgIpc) is 2.71. The van der Waals surface area contributed by atoms with E-state index in [0.29, 0.717) is 26.1 Å². The zero-order valence-corrected chi connectivity index (χ0v) is 10.4. The molecule has 1 aliphatic heterocycles. The summed E-state index contributed by atoms with van der Waals surface area (Å²) >= 11 is 0. The first-order valence-electron chi connectivity index (χ1n) is 6.07. The van der Waals surface area contributed by atoms with Crippen molar-refractivity contribution in [3.63, 3.8) is 0 Å². The van der Waals surface area contributed by atoms with Gasteiger partial charge >= 0.3 is 0 Å². The second kappa shape index (κ2) is 3.45. The van der Waals surface area contributed by atoms with Gasteiger partial charge in [0.2, 0.25) is 0 Å². The maximum Gasteiger partial charge on any atom is 0.112 e. The molecule has 1 aliphatic carbocycles. The second-order valence-electron chi connectivity index (χ2n) is 6.37. The van der Waals surface area contributed by atoms with Crippen LogP contribution in [-0.2, 0) is 4.74 Å². The lowest BCUT2D eigenvalue weighted by atomic mass is 9.67. The molecule has 0 radical (unpaired) electrons. The Labute approximate surface area is 97.4 Å². The molecular formula is C13H21NO2. The molecule has 3 unspecified atom stereocenters. The molecule has 1 saturated heterocycles. The quantitative estimate of drug-likeness (QED) is 0.740. The molecule has 3 nitrogen and oxygen atoms in total. The topological polar surface area (TPSA) is 53.2 Å². The minimum atomic E-state index is -0.873. The molecule has 2 rings (SSSR count). The molecule has 0 bridgehead atoms. The standard InChI is InChI=1S/C13H21NO2/c1-10-6-11(2,3)7-13(10,15)12(8-14)4-5-16-9-12/h10,15H,4-7,9H2,1-3H3. The van der Waals surface area contributed by atoms with Crippen LogP contribution in [0.3, 0.4) is 0 Å². The summed E-state index contributed by atoms with van der Waals surface area (Å²) in [4.78, 5) is 0. The second-order valence-corrected chi connectivity index (χ2v) is 6.37. The maximum absolute atomic E-state index is 10.9. The summed E-state index contributed by atoms with van der Waals surface area (Å²) in [6.07, 6.45) is 2.35. The fraction of sp³-hybridized carbons (Fsp3) is 0.923. The number of ether oxygens (including phenoxy) is 1. The van der Waals surface area contributed by atoms with Crippen LogP contribution < -0.4 is 0 Å². The molecule has 16 heavy (non-hydrogen) atoms. The third-order valence-electron chi connectivity index (χ3n) is 4.49. The first-order chi connectivity index (χ1) is 7.35. The first kappa shape index (κ1) is 11.9. The summed E-state index contributed by atoms with van der Waals surface area (Å²) < 4.78 is 5.36. The van der Waals surface area contributed by atoms with Gasteiger partial charge in [-0.05, 0) is 30.6 Å². The van der Waals surface area contributed by atoms with Gasteiger partial charge in [-0.15, -0.1) is 0 Å². The molecular weight excluding hydrogens is 202 g/mol. The molecule has 1 saturated carbocycles. The minimum absolute atomic E-state index is 0.126. The van der Waals surface area contributed by atoms with E-state index in [4.69, 9.17) is 4.74 Å². The van der Waals surface area contributed by atoms with Crippen LogP contribution in [0.15, 0.2) is 0 Å². The number of rotatable bonds is 1. The van der Waals surface area contributed by atoms with Crippen LogP contribution in [0, 0.1) is 28.1 Å². The normalized spacial score (nSPS) is 46.8. The van der Waals surface area contributed by atoms with Crippen molar-refractivity contribution in [2.75, 3.05) is 13.2 Å². The van der Waals surface area contributed by atoms with E-state index in [-0.39, 0.29) is 11.3 Å². The summed E-state index contributed by atoms with van der Waals surface area (Å²) in [6.45, 7) is 7.39. The Morgan fingerprint density at radius 2 is 2.12 bits per heavy atom. The van der Waals surface area contributed by atoms with Gasteiger partial charge in [-0.2, -0.15) is 5.26 Å². The van der Waals surface area contributed by atoms with E-state index in [2.05, 4.69) is 26.8 Å². The van der Waals surface area contributed by atoms with Crippen molar-refractivity contribution in [3.05, 3.63) is 0 Å². The minimum Gasteiger partial charge on any atom is -0.388 e. The molecule has 0 spiro atoms. The van der Waals surface area contributed by atoms with Gasteiger partial charge in [0.15, 0.2) is 0 Å². The van der Waals surface area contributed by atoms with Crippen molar-refractivity contribution in [1.29, 1.82) is 5.26 Å². The van der Waals surface area contributed by atoms with E-state index in [1.54, 1.807) is 0 Å². The lowest BCUT2D eigenvalue weighted by Crippen LogP contribution is -2.50. The molecule has 2 aliphatic rings. The lowest BCUT2D eigenvalue weighted by Gasteiger charge is -2.40. The maximum atomic E-state index is 10.9. The first-order valence-corrected chi connectivity index (χ1v) is 6.07. The average molecular weight is 223 g/mol. The molecule has 0 amide bonds. The highest BCUT2D eigenvalue weighted by molar-refractivity contribution is 5.18. The van der Waals surface area contributed by atoms with Gasteiger partial charge in [-0.1, -0.05) is 20.8 Å². The molecule has 2 fully saturated rings.